The predicted octanol–water partition coefficient (Wildman–Crippen LogP) is 3.48. The Morgan fingerprint density at radius 1 is 1.19 bits per heavy atom. The second-order valence-corrected chi connectivity index (χ2v) is 3.53. The van der Waals surface area contributed by atoms with Gasteiger partial charge in [-0.2, -0.15) is 0 Å². The third-order valence-electron chi connectivity index (χ3n) is 2.35. The molecule has 0 aliphatic carbocycles. The van der Waals surface area contributed by atoms with Gasteiger partial charge in [0.15, 0.2) is 5.78 Å². The van der Waals surface area contributed by atoms with Crippen molar-refractivity contribution in [3.63, 3.8) is 0 Å². The maximum absolute atomic E-state index is 11.8. The molecule has 2 nitrogen and oxygen atoms in total. The number of rotatable bonds is 3. The summed E-state index contributed by atoms with van der Waals surface area (Å²) in [7, 11) is 0. The maximum atomic E-state index is 11.8. The first kappa shape index (κ1) is 10.4. The Bertz CT molecular complexity index is 507. The highest BCUT2D eigenvalue weighted by atomic mass is 16.3. The third kappa shape index (κ3) is 2.28. The molecule has 1 aromatic carbocycles. The van der Waals surface area contributed by atoms with Crippen LogP contribution in [0.2, 0.25) is 0 Å². The number of hydrogen-bond acceptors (Lipinski definition) is 2. The minimum atomic E-state index is -0.00509. The Morgan fingerprint density at radius 3 is 2.69 bits per heavy atom. The van der Waals surface area contributed by atoms with Crippen molar-refractivity contribution in [1.29, 1.82) is 0 Å². The van der Waals surface area contributed by atoms with E-state index >= 15 is 0 Å². The number of carbonyl (C=O) groups excluding carboxylic acids is 1. The highest BCUT2D eigenvalue weighted by Gasteiger charge is 2.04. The van der Waals surface area contributed by atoms with Gasteiger partial charge < -0.3 is 4.42 Å². The van der Waals surface area contributed by atoms with Crippen molar-refractivity contribution >= 4 is 11.9 Å². The molecule has 16 heavy (non-hydrogen) atoms. The van der Waals surface area contributed by atoms with Gasteiger partial charge in [0.2, 0.25) is 0 Å². The molecule has 2 aromatic rings. The van der Waals surface area contributed by atoms with Crippen LogP contribution in [0.3, 0.4) is 0 Å². The van der Waals surface area contributed by atoms with Crippen LogP contribution in [0, 0.1) is 6.92 Å². The average molecular weight is 212 g/mol. The molecule has 80 valence electrons. The summed E-state index contributed by atoms with van der Waals surface area (Å²) in [6.45, 7) is 1.92. The topological polar surface area (TPSA) is 30.2 Å². The van der Waals surface area contributed by atoms with Gasteiger partial charge in [0.05, 0.1) is 6.26 Å². The second-order valence-electron chi connectivity index (χ2n) is 3.53. The minimum absolute atomic E-state index is 0.00509. The van der Waals surface area contributed by atoms with E-state index in [0.29, 0.717) is 5.76 Å². The van der Waals surface area contributed by atoms with Crippen LogP contribution in [0.4, 0.5) is 0 Å². The lowest BCUT2D eigenvalue weighted by Gasteiger charge is -1.99. The monoisotopic (exact) mass is 212 g/mol. The second kappa shape index (κ2) is 4.62. The Kier molecular flexibility index (Phi) is 3.01. The van der Waals surface area contributed by atoms with Gasteiger partial charge >= 0.3 is 0 Å². The van der Waals surface area contributed by atoms with Crippen molar-refractivity contribution in [2.45, 2.75) is 6.92 Å². The largest absolute Gasteiger partial charge is 0.465 e. The van der Waals surface area contributed by atoms with E-state index in [1.165, 1.54) is 6.08 Å². The van der Waals surface area contributed by atoms with E-state index in [1.807, 2.05) is 37.3 Å². The van der Waals surface area contributed by atoms with Crippen LogP contribution >= 0.6 is 0 Å². The zero-order valence-corrected chi connectivity index (χ0v) is 9.01. The smallest absolute Gasteiger partial charge is 0.186 e. The van der Waals surface area contributed by atoms with Crippen LogP contribution in [0.5, 0.6) is 0 Å². The fraction of sp³-hybridized carbons (Fsp3) is 0.0714. The molecule has 0 spiro atoms. The lowest BCUT2D eigenvalue weighted by Crippen LogP contribution is -1.96. The standard InChI is InChI=1S/C14H12O2/c1-11-5-2-3-7-13(11)14(15)9-8-12-6-4-10-16-12/h2-10H,1H3. The molecule has 0 saturated heterocycles. The first-order valence-electron chi connectivity index (χ1n) is 5.09. The van der Waals surface area contributed by atoms with Gasteiger partial charge in [-0.25, -0.2) is 0 Å². The van der Waals surface area contributed by atoms with Gasteiger partial charge in [0, 0.05) is 5.56 Å². The summed E-state index contributed by atoms with van der Waals surface area (Å²) in [5.41, 5.74) is 1.71. The average Bonchev–Trinajstić information content (AvgIpc) is 2.79. The molecule has 2 heteroatoms. The van der Waals surface area contributed by atoms with Crippen LogP contribution in [0.15, 0.2) is 53.2 Å². The fourth-order valence-electron chi connectivity index (χ4n) is 1.48. The van der Waals surface area contributed by atoms with Crippen LogP contribution in [-0.2, 0) is 0 Å². The van der Waals surface area contributed by atoms with E-state index in [-0.39, 0.29) is 5.78 Å². The van der Waals surface area contributed by atoms with Crippen molar-refractivity contribution in [2.75, 3.05) is 0 Å². The Balaban J connectivity index is 2.18. The zero-order valence-electron chi connectivity index (χ0n) is 9.01. The lowest BCUT2D eigenvalue weighted by molar-refractivity contribution is 0.104. The molecule has 1 heterocycles. The molecule has 0 N–H and O–H groups in total. The van der Waals surface area contributed by atoms with Crippen LogP contribution in [0.1, 0.15) is 21.7 Å². The lowest BCUT2D eigenvalue weighted by atomic mass is 10.0. The molecule has 1 aromatic heterocycles. The van der Waals surface area contributed by atoms with Gasteiger partial charge in [-0.15, -0.1) is 0 Å². The normalized spacial score (nSPS) is 10.8. The number of furan rings is 1. The van der Waals surface area contributed by atoms with E-state index in [1.54, 1.807) is 18.4 Å². The number of benzene rings is 1. The van der Waals surface area contributed by atoms with Gasteiger partial charge in [-0.1, -0.05) is 24.3 Å². The maximum Gasteiger partial charge on any atom is 0.186 e. The van der Waals surface area contributed by atoms with E-state index in [0.717, 1.165) is 11.1 Å². The third-order valence-corrected chi connectivity index (χ3v) is 2.35. The predicted molar refractivity (Wildman–Crippen MR) is 63.3 cm³/mol. The molecule has 0 bridgehead atoms. The molecular weight excluding hydrogens is 200 g/mol. The summed E-state index contributed by atoms with van der Waals surface area (Å²) in [4.78, 5) is 11.8. The van der Waals surface area contributed by atoms with E-state index in [4.69, 9.17) is 4.42 Å². The van der Waals surface area contributed by atoms with Crippen molar-refractivity contribution in [1.82, 2.24) is 0 Å². The SMILES string of the molecule is Cc1ccccc1C(=O)C=Cc1ccco1. The van der Waals surface area contributed by atoms with Gasteiger partial charge in [0.1, 0.15) is 5.76 Å². The Labute approximate surface area is 94.2 Å². The molecule has 0 atom stereocenters. The molecule has 0 unspecified atom stereocenters. The molecular formula is C14H12O2. The molecule has 2 rings (SSSR count). The Hall–Kier alpha value is -2.09. The molecule has 0 fully saturated rings. The summed E-state index contributed by atoms with van der Waals surface area (Å²) >= 11 is 0. The molecule has 0 aliphatic rings. The molecule has 0 amide bonds. The zero-order chi connectivity index (χ0) is 11.4. The van der Waals surface area contributed by atoms with Gasteiger partial charge in [0.25, 0.3) is 0 Å². The highest BCUT2D eigenvalue weighted by Crippen LogP contribution is 2.10. The van der Waals surface area contributed by atoms with E-state index in [9.17, 15) is 4.79 Å². The number of allylic oxidation sites excluding steroid dienone is 1. The van der Waals surface area contributed by atoms with Crippen LogP contribution in [-0.4, -0.2) is 5.78 Å². The number of ketones is 1. The van der Waals surface area contributed by atoms with Crippen molar-refractivity contribution < 1.29 is 9.21 Å². The Morgan fingerprint density at radius 2 is 2.00 bits per heavy atom. The molecule has 0 saturated carbocycles. The van der Waals surface area contributed by atoms with Gasteiger partial charge in [-0.3, -0.25) is 4.79 Å². The summed E-state index contributed by atoms with van der Waals surface area (Å²) in [6, 6.07) is 11.1. The number of aryl methyl sites for hydroxylation is 1. The van der Waals surface area contributed by atoms with Gasteiger partial charge in [-0.05, 0) is 36.8 Å². The number of carbonyl (C=O) groups is 1. The summed E-state index contributed by atoms with van der Waals surface area (Å²) in [6.07, 6.45) is 4.79. The summed E-state index contributed by atoms with van der Waals surface area (Å²) in [5.74, 6) is 0.677. The van der Waals surface area contributed by atoms with Crippen molar-refractivity contribution in [2.24, 2.45) is 0 Å². The summed E-state index contributed by atoms with van der Waals surface area (Å²) in [5, 5.41) is 0. The fourth-order valence-corrected chi connectivity index (χ4v) is 1.48. The van der Waals surface area contributed by atoms with E-state index < -0.39 is 0 Å². The quantitative estimate of drug-likeness (QED) is 0.576. The van der Waals surface area contributed by atoms with E-state index in [2.05, 4.69) is 0 Å². The molecule has 0 radical (unpaired) electrons. The van der Waals surface area contributed by atoms with Crippen molar-refractivity contribution in [3.8, 4) is 0 Å². The van der Waals surface area contributed by atoms with Crippen LogP contribution in [0.25, 0.3) is 6.08 Å². The highest BCUT2D eigenvalue weighted by molar-refractivity contribution is 6.07. The first-order valence-corrected chi connectivity index (χ1v) is 5.09. The first-order chi connectivity index (χ1) is 7.77. The van der Waals surface area contributed by atoms with Crippen molar-refractivity contribution in [3.05, 3.63) is 65.6 Å². The minimum Gasteiger partial charge on any atom is -0.465 e. The number of hydrogen-bond donors (Lipinski definition) is 0. The summed E-state index contributed by atoms with van der Waals surface area (Å²) < 4.78 is 5.11. The molecule has 0 aliphatic heterocycles. The van der Waals surface area contributed by atoms with Crippen LogP contribution < -0.4 is 0 Å².